The largest absolute Gasteiger partial charge is 0.480 e. The van der Waals surface area contributed by atoms with Crippen molar-refractivity contribution >= 4 is 23.7 Å². The van der Waals surface area contributed by atoms with E-state index in [9.17, 15) is 19.5 Å². The molecule has 168 valence electrons. The second kappa shape index (κ2) is 9.44. The van der Waals surface area contributed by atoms with Gasteiger partial charge in [0.15, 0.2) is 11.9 Å². The summed E-state index contributed by atoms with van der Waals surface area (Å²) >= 11 is 1.19. The molecule has 9 heteroatoms. The highest BCUT2D eigenvalue weighted by Crippen LogP contribution is 2.32. The van der Waals surface area contributed by atoms with E-state index in [4.69, 9.17) is 4.74 Å². The predicted molar refractivity (Wildman–Crippen MR) is 121 cm³/mol. The number of aryl methyl sites for hydroxylation is 1. The maximum Gasteiger partial charge on any atom is 0.343 e. The minimum Gasteiger partial charge on any atom is -0.480 e. The van der Waals surface area contributed by atoms with Crippen LogP contribution in [-0.2, 0) is 16.1 Å². The zero-order valence-corrected chi connectivity index (χ0v) is 19.1. The van der Waals surface area contributed by atoms with Gasteiger partial charge in [0.2, 0.25) is 0 Å². The first-order valence-corrected chi connectivity index (χ1v) is 10.8. The number of benzene rings is 2. The van der Waals surface area contributed by atoms with Gasteiger partial charge >= 0.3 is 17.6 Å². The average molecular weight is 456 g/mol. The second-order valence-corrected chi connectivity index (χ2v) is 9.64. The van der Waals surface area contributed by atoms with Crippen molar-refractivity contribution < 1.29 is 19.4 Å². The van der Waals surface area contributed by atoms with Crippen molar-refractivity contribution in [2.75, 3.05) is 0 Å². The van der Waals surface area contributed by atoms with E-state index < -0.39 is 22.8 Å². The van der Waals surface area contributed by atoms with Gasteiger partial charge in [0, 0.05) is 4.90 Å². The number of H-pyrrole nitrogens is 1. The van der Waals surface area contributed by atoms with Gasteiger partial charge in [-0.1, -0.05) is 29.8 Å². The van der Waals surface area contributed by atoms with Crippen LogP contribution < -0.4 is 5.69 Å². The van der Waals surface area contributed by atoms with Crippen molar-refractivity contribution in [1.82, 2.24) is 14.8 Å². The van der Waals surface area contributed by atoms with E-state index >= 15 is 0 Å². The topological polar surface area (TPSA) is 114 Å². The Morgan fingerprint density at radius 3 is 2.38 bits per heavy atom. The van der Waals surface area contributed by atoms with Crippen molar-refractivity contribution in [2.24, 2.45) is 0 Å². The number of thioether (sulfide) groups is 1. The maximum absolute atomic E-state index is 12.5. The first kappa shape index (κ1) is 23.3. The molecule has 32 heavy (non-hydrogen) atoms. The molecule has 0 fully saturated rings. The number of ether oxygens (including phenoxy) is 1. The summed E-state index contributed by atoms with van der Waals surface area (Å²) in [7, 11) is 0. The molecule has 0 aliphatic heterocycles. The van der Waals surface area contributed by atoms with Crippen molar-refractivity contribution in [3.63, 3.8) is 0 Å². The van der Waals surface area contributed by atoms with Crippen LogP contribution in [0.3, 0.4) is 0 Å². The van der Waals surface area contributed by atoms with Crippen LogP contribution >= 0.6 is 11.8 Å². The van der Waals surface area contributed by atoms with Crippen molar-refractivity contribution in [3.05, 3.63) is 81.5 Å². The molecule has 2 N–H and O–H groups in total. The number of carbonyl (C=O) groups is 2. The molecule has 1 aromatic heterocycles. The summed E-state index contributed by atoms with van der Waals surface area (Å²) in [6.07, 6.45) is -0.755. The third-order valence-electron chi connectivity index (χ3n) is 4.80. The van der Waals surface area contributed by atoms with Crippen LogP contribution in [0, 0.1) is 6.92 Å². The molecule has 8 nitrogen and oxygen atoms in total. The summed E-state index contributed by atoms with van der Waals surface area (Å²) in [4.78, 5) is 39.4. The third kappa shape index (κ3) is 5.67. The maximum atomic E-state index is 12.5. The van der Waals surface area contributed by atoms with E-state index in [1.807, 2.05) is 31.2 Å². The monoisotopic (exact) mass is 455 g/mol. The molecule has 0 unspecified atom stereocenters. The Hall–Kier alpha value is -3.33. The fraction of sp³-hybridized carbons (Fsp3) is 0.304. The van der Waals surface area contributed by atoms with Gasteiger partial charge in [-0.3, -0.25) is 9.78 Å². The number of carboxylic acids is 1. The number of carboxylic acid groups (broad SMARTS) is 1. The van der Waals surface area contributed by atoms with Crippen LogP contribution in [0.2, 0.25) is 0 Å². The second-order valence-electron chi connectivity index (χ2n) is 7.95. The van der Waals surface area contributed by atoms with Gasteiger partial charge in [0.25, 0.3) is 0 Å². The van der Waals surface area contributed by atoms with Crippen LogP contribution in [0.15, 0.2) is 58.2 Å². The smallest absolute Gasteiger partial charge is 0.343 e. The number of aliphatic carboxylic acids is 1. The van der Waals surface area contributed by atoms with Crippen LogP contribution in [-0.4, -0.2) is 36.6 Å². The summed E-state index contributed by atoms with van der Waals surface area (Å²) in [6.45, 7) is 7.15. The molecule has 0 aliphatic rings. The van der Waals surface area contributed by atoms with E-state index in [0.717, 1.165) is 16.0 Å². The van der Waals surface area contributed by atoms with Gasteiger partial charge in [0.05, 0.1) is 12.1 Å². The van der Waals surface area contributed by atoms with Gasteiger partial charge in [-0.2, -0.15) is 5.10 Å². The molecular formula is C23H25N3O5S. The van der Waals surface area contributed by atoms with Crippen LogP contribution in [0.1, 0.15) is 54.2 Å². The van der Waals surface area contributed by atoms with Gasteiger partial charge in [-0.05, 0) is 57.5 Å². The molecule has 0 saturated carbocycles. The lowest BCUT2D eigenvalue weighted by Gasteiger charge is -2.18. The molecule has 0 radical (unpaired) electrons. The standard InChI is InChI=1S/C23H25N3O5S/c1-14-5-7-16(8-6-14)13-26-22(30)24-19(25-26)15(2)31-20(27)17-9-11-18(12-10-17)32-23(3,4)21(28)29/h5-12,15H,13H2,1-4H3,(H,28,29)(H,24,25,30)/t15-/m0/s1. The van der Waals surface area contributed by atoms with Crippen molar-refractivity contribution in [1.29, 1.82) is 0 Å². The first-order valence-electron chi connectivity index (χ1n) is 10.0. The highest BCUT2D eigenvalue weighted by molar-refractivity contribution is 8.01. The highest BCUT2D eigenvalue weighted by atomic mass is 32.2. The molecule has 0 aliphatic carbocycles. The summed E-state index contributed by atoms with van der Waals surface area (Å²) in [5, 5.41) is 13.5. The number of hydrogen-bond acceptors (Lipinski definition) is 6. The highest BCUT2D eigenvalue weighted by Gasteiger charge is 2.28. The fourth-order valence-corrected chi connectivity index (χ4v) is 3.76. The summed E-state index contributed by atoms with van der Waals surface area (Å²) < 4.78 is 5.76. The number of rotatable bonds is 8. The molecule has 0 amide bonds. The van der Waals surface area contributed by atoms with Gasteiger partial charge in [-0.15, -0.1) is 11.8 Å². The fourth-order valence-electron chi connectivity index (χ4n) is 2.81. The minimum absolute atomic E-state index is 0.255. The van der Waals surface area contributed by atoms with Gasteiger partial charge in [-0.25, -0.2) is 14.3 Å². The van der Waals surface area contributed by atoms with Gasteiger partial charge < -0.3 is 9.84 Å². The molecule has 1 heterocycles. The number of nitrogens with zero attached hydrogens (tertiary/aromatic N) is 2. The Morgan fingerprint density at radius 1 is 1.16 bits per heavy atom. The van der Waals surface area contributed by atoms with Crippen LogP contribution in [0.25, 0.3) is 0 Å². The quantitative estimate of drug-likeness (QED) is 0.392. The van der Waals surface area contributed by atoms with E-state index in [2.05, 4.69) is 10.1 Å². The zero-order chi connectivity index (χ0) is 23.5. The first-order chi connectivity index (χ1) is 15.0. The molecule has 3 aromatic rings. The Labute approximate surface area is 189 Å². The number of hydrogen-bond donors (Lipinski definition) is 2. The number of esters is 1. The summed E-state index contributed by atoms with van der Waals surface area (Å²) in [5.41, 5.74) is 1.99. The van der Waals surface area contributed by atoms with Crippen molar-refractivity contribution in [2.45, 2.75) is 50.0 Å². The zero-order valence-electron chi connectivity index (χ0n) is 18.3. The number of carbonyl (C=O) groups excluding carboxylic acids is 1. The number of aromatic amines is 1. The lowest BCUT2D eigenvalue weighted by molar-refractivity contribution is -0.138. The lowest BCUT2D eigenvalue weighted by atomic mass is 10.1. The van der Waals surface area contributed by atoms with E-state index in [-0.39, 0.29) is 11.5 Å². The summed E-state index contributed by atoms with van der Waals surface area (Å²) in [5.74, 6) is -1.23. The van der Waals surface area contributed by atoms with Crippen LogP contribution in [0.5, 0.6) is 0 Å². The molecule has 2 aromatic carbocycles. The molecule has 0 spiro atoms. The lowest BCUT2D eigenvalue weighted by Crippen LogP contribution is -2.26. The predicted octanol–water partition coefficient (Wildman–Crippen LogP) is 3.80. The normalized spacial score (nSPS) is 12.4. The Morgan fingerprint density at radius 2 is 1.78 bits per heavy atom. The Bertz CT molecular complexity index is 1160. The summed E-state index contributed by atoms with van der Waals surface area (Å²) in [6, 6.07) is 14.3. The molecule has 1 atom stereocenters. The molecule has 3 rings (SSSR count). The van der Waals surface area contributed by atoms with Crippen molar-refractivity contribution in [3.8, 4) is 0 Å². The Kier molecular flexibility index (Phi) is 6.88. The minimum atomic E-state index is -0.986. The van der Waals surface area contributed by atoms with Crippen LogP contribution in [0.4, 0.5) is 0 Å². The third-order valence-corrected chi connectivity index (χ3v) is 5.99. The van der Waals surface area contributed by atoms with E-state index in [1.165, 1.54) is 16.4 Å². The molecular weight excluding hydrogens is 430 g/mol. The molecule has 0 bridgehead atoms. The SMILES string of the molecule is Cc1ccc(Cn2nc([C@H](C)OC(=O)c3ccc(SC(C)(C)C(=O)O)cc3)[nH]c2=O)cc1. The Balaban J connectivity index is 1.65. The van der Waals surface area contributed by atoms with Gasteiger partial charge in [0.1, 0.15) is 4.75 Å². The average Bonchev–Trinajstić information content (AvgIpc) is 3.10. The van der Waals surface area contributed by atoms with E-state index in [1.54, 1.807) is 45.0 Å². The number of aromatic nitrogens is 3. The number of nitrogens with one attached hydrogen (secondary N) is 1. The van der Waals surface area contributed by atoms with E-state index in [0.29, 0.717) is 12.1 Å². The molecule has 0 saturated heterocycles.